The average Bonchev–Trinajstić information content (AvgIpc) is 1.97. The molecular formula is C7H3Cl2F3N. The second-order valence-electron chi connectivity index (χ2n) is 2.31. The van der Waals surface area contributed by atoms with E-state index in [2.05, 4.69) is 0 Å². The third kappa shape index (κ3) is 2.19. The number of rotatable bonds is 0. The van der Waals surface area contributed by atoms with Crippen LogP contribution in [-0.4, -0.2) is 0 Å². The van der Waals surface area contributed by atoms with Gasteiger partial charge in [-0.2, -0.15) is 13.2 Å². The molecule has 1 aromatic rings. The minimum Gasteiger partial charge on any atom is -0.298 e. The van der Waals surface area contributed by atoms with E-state index in [0.717, 1.165) is 0 Å². The maximum absolute atomic E-state index is 12.1. The highest BCUT2D eigenvalue weighted by Crippen LogP contribution is 2.37. The largest absolute Gasteiger partial charge is 0.416 e. The predicted octanol–water partition coefficient (Wildman–Crippen LogP) is 3.93. The Morgan fingerprint density at radius 2 is 1.46 bits per heavy atom. The molecule has 0 aliphatic heterocycles. The van der Waals surface area contributed by atoms with Crippen molar-refractivity contribution in [3.8, 4) is 0 Å². The van der Waals surface area contributed by atoms with Crippen LogP contribution in [0.5, 0.6) is 0 Å². The molecule has 0 heterocycles. The Morgan fingerprint density at radius 3 is 1.77 bits per heavy atom. The number of hydrogen-bond acceptors (Lipinski definition) is 0. The van der Waals surface area contributed by atoms with Crippen LogP contribution >= 0.6 is 23.2 Å². The molecule has 13 heavy (non-hydrogen) atoms. The average molecular weight is 229 g/mol. The van der Waals surface area contributed by atoms with Crippen LogP contribution in [0.25, 0.3) is 0 Å². The zero-order valence-electron chi connectivity index (χ0n) is 6.04. The molecule has 0 amide bonds. The maximum atomic E-state index is 12.1. The van der Waals surface area contributed by atoms with Gasteiger partial charge in [-0.25, -0.2) is 0 Å². The van der Waals surface area contributed by atoms with Crippen LogP contribution in [0.3, 0.4) is 0 Å². The second-order valence-corrected chi connectivity index (χ2v) is 3.13. The van der Waals surface area contributed by atoms with E-state index >= 15 is 0 Å². The molecule has 1 rings (SSSR count). The first-order valence-electron chi connectivity index (χ1n) is 3.10. The first kappa shape index (κ1) is 10.5. The van der Waals surface area contributed by atoms with Crippen molar-refractivity contribution < 1.29 is 13.2 Å². The third-order valence-electron chi connectivity index (χ3n) is 1.37. The van der Waals surface area contributed by atoms with Gasteiger partial charge in [0.25, 0.3) is 0 Å². The van der Waals surface area contributed by atoms with Crippen LogP contribution in [-0.2, 0) is 6.18 Å². The Hall–Kier alpha value is -0.610. The normalized spacial score (nSPS) is 11.8. The van der Waals surface area contributed by atoms with Gasteiger partial charge in [0.05, 0.1) is 21.3 Å². The molecule has 0 unspecified atom stereocenters. The molecule has 71 valence electrons. The van der Waals surface area contributed by atoms with Crippen LogP contribution in [0.4, 0.5) is 18.9 Å². The Morgan fingerprint density at radius 1 is 1.08 bits per heavy atom. The van der Waals surface area contributed by atoms with Crippen molar-refractivity contribution in [3.63, 3.8) is 0 Å². The molecule has 1 aromatic carbocycles. The zero-order valence-corrected chi connectivity index (χ0v) is 7.56. The minimum absolute atomic E-state index is 0.295. The highest BCUT2D eigenvalue weighted by molar-refractivity contribution is 6.38. The summed E-state index contributed by atoms with van der Waals surface area (Å²) < 4.78 is 36.3. The van der Waals surface area contributed by atoms with Crippen molar-refractivity contribution in [1.82, 2.24) is 5.73 Å². The van der Waals surface area contributed by atoms with Crippen molar-refractivity contribution in [3.05, 3.63) is 27.7 Å². The van der Waals surface area contributed by atoms with E-state index in [1.165, 1.54) is 0 Å². The molecule has 6 heteroatoms. The monoisotopic (exact) mass is 228 g/mol. The van der Waals surface area contributed by atoms with Gasteiger partial charge in [-0.05, 0) is 12.1 Å². The van der Waals surface area contributed by atoms with Gasteiger partial charge in [0.1, 0.15) is 0 Å². The van der Waals surface area contributed by atoms with Crippen molar-refractivity contribution >= 4 is 28.9 Å². The van der Waals surface area contributed by atoms with Crippen molar-refractivity contribution in [1.29, 1.82) is 0 Å². The lowest BCUT2D eigenvalue weighted by Crippen LogP contribution is -2.04. The smallest absolute Gasteiger partial charge is 0.298 e. The minimum atomic E-state index is -4.49. The Labute approximate surface area is 82.2 Å². The molecule has 1 N–H and O–H groups in total. The van der Waals surface area contributed by atoms with Gasteiger partial charge in [0.2, 0.25) is 0 Å². The molecule has 0 saturated heterocycles. The van der Waals surface area contributed by atoms with E-state index in [0.29, 0.717) is 12.1 Å². The van der Waals surface area contributed by atoms with E-state index in [-0.39, 0.29) is 15.7 Å². The summed E-state index contributed by atoms with van der Waals surface area (Å²) in [5.74, 6) is 0. The van der Waals surface area contributed by atoms with Crippen LogP contribution in [0.1, 0.15) is 5.56 Å². The molecule has 0 aliphatic carbocycles. The summed E-state index contributed by atoms with van der Waals surface area (Å²) in [5.41, 5.74) is 5.87. The Balaban J connectivity index is 3.29. The molecule has 1 nitrogen and oxygen atoms in total. The molecule has 0 bridgehead atoms. The van der Waals surface area contributed by atoms with Gasteiger partial charge in [-0.1, -0.05) is 23.2 Å². The van der Waals surface area contributed by atoms with Crippen LogP contribution in [0, 0.1) is 0 Å². The Kier molecular flexibility index (Phi) is 2.63. The second kappa shape index (κ2) is 3.27. The van der Waals surface area contributed by atoms with Gasteiger partial charge in [0, 0.05) is 0 Å². The van der Waals surface area contributed by atoms with Crippen molar-refractivity contribution in [2.45, 2.75) is 6.18 Å². The number of halogens is 5. The highest BCUT2D eigenvalue weighted by Gasteiger charge is 2.31. The van der Waals surface area contributed by atoms with E-state index in [4.69, 9.17) is 28.9 Å². The Bertz CT molecular complexity index is 312. The van der Waals surface area contributed by atoms with Gasteiger partial charge in [0.15, 0.2) is 0 Å². The van der Waals surface area contributed by atoms with E-state index in [1.807, 2.05) is 0 Å². The quantitative estimate of drug-likeness (QED) is 0.643. The summed E-state index contributed by atoms with van der Waals surface area (Å²) in [7, 11) is 0. The number of alkyl halides is 3. The van der Waals surface area contributed by atoms with Crippen molar-refractivity contribution in [2.24, 2.45) is 0 Å². The molecule has 0 aromatic heterocycles. The van der Waals surface area contributed by atoms with Crippen molar-refractivity contribution in [2.75, 3.05) is 0 Å². The molecule has 0 spiro atoms. The number of nitrogens with one attached hydrogen (secondary N) is 1. The molecule has 1 radical (unpaired) electrons. The van der Waals surface area contributed by atoms with E-state index < -0.39 is 11.7 Å². The molecule has 0 aliphatic rings. The fourth-order valence-electron chi connectivity index (χ4n) is 0.737. The fraction of sp³-hybridized carbons (Fsp3) is 0.143. The summed E-state index contributed by atoms with van der Waals surface area (Å²) in [6.45, 7) is 0. The third-order valence-corrected chi connectivity index (χ3v) is 1.97. The summed E-state index contributed by atoms with van der Waals surface area (Å²) in [6, 6.07) is 1.35. The van der Waals surface area contributed by atoms with Crippen LogP contribution in [0.15, 0.2) is 12.1 Å². The maximum Gasteiger partial charge on any atom is 0.416 e. The highest BCUT2D eigenvalue weighted by atomic mass is 35.5. The summed E-state index contributed by atoms with van der Waals surface area (Å²) in [5, 5.41) is -0.611. The summed E-state index contributed by atoms with van der Waals surface area (Å²) in [4.78, 5) is 0. The molecular weight excluding hydrogens is 226 g/mol. The zero-order chi connectivity index (χ0) is 10.2. The first-order valence-corrected chi connectivity index (χ1v) is 3.86. The fourth-order valence-corrected chi connectivity index (χ4v) is 1.22. The SMILES string of the molecule is [NH]c1c(Cl)cc(C(F)(F)F)cc1Cl. The van der Waals surface area contributed by atoms with Gasteiger partial charge in [-0.3, -0.25) is 5.73 Å². The number of hydrogen-bond donors (Lipinski definition) is 0. The van der Waals surface area contributed by atoms with Crippen LogP contribution in [0.2, 0.25) is 10.0 Å². The van der Waals surface area contributed by atoms with E-state index in [9.17, 15) is 13.2 Å². The van der Waals surface area contributed by atoms with E-state index in [1.54, 1.807) is 0 Å². The van der Waals surface area contributed by atoms with Crippen LogP contribution < -0.4 is 5.73 Å². The van der Waals surface area contributed by atoms with Gasteiger partial charge in [-0.15, -0.1) is 0 Å². The lowest BCUT2D eigenvalue weighted by atomic mass is 10.2. The van der Waals surface area contributed by atoms with Gasteiger partial charge < -0.3 is 0 Å². The predicted molar refractivity (Wildman–Crippen MR) is 44.2 cm³/mol. The standard InChI is InChI=1S/C7H3Cl2F3N/c8-4-1-3(7(10,11)12)2-5(9)6(4)13/h1-2,13H. The molecule has 0 fully saturated rings. The summed E-state index contributed by atoms with van der Waals surface area (Å²) >= 11 is 10.7. The first-order chi connectivity index (χ1) is 5.82. The van der Waals surface area contributed by atoms with Gasteiger partial charge >= 0.3 is 6.18 Å². The molecule has 0 atom stereocenters. The lowest BCUT2D eigenvalue weighted by molar-refractivity contribution is -0.137. The molecule has 0 saturated carbocycles. The topological polar surface area (TPSA) is 23.8 Å². The lowest BCUT2D eigenvalue weighted by Gasteiger charge is -2.08. The number of benzene rings is 1. The summed E-state index contributed by atoms with van der Waals surface area (Å²) in [6.07, 6.45) is -4.49.